The van der Waals surface area contributed by atoms with E-state index >= 15 is 0 Å². The molecular formula is C19H40N2. The molecule has 0 atom stereocenters. The summed E-state index contributed by atoms with van der Waals surface area (Å²) in [4.78, 5) is 2.64. The molecule has 1 aliphatic rings. The van der Waals surface area contributed by atoms with Crippen molar-refractivity contribution >= 4 is 0 Å². The summed E-state index contributed by atoms with van der Waals surface area (Å²) in [5.74, 6) is 1.02. The van der Waals surface area contributed by atoms with Crippen LogP contribution in [-0.4, -0.2) is 36.6 Å². The van der Waals surface area contributed by atoms with Crippen molar-refractivity contribution in [1.82, 2.24) is 10.2 Å². The predicted octanol–water partition coefficient (Wildman–Crippen LogP) is 4.84. The molecule has 0 spiro atoms. The Morgan fingerprint density at radius 2 is 1.57 bits per heavy atom. The molecule has 1 fully saturated rings. The molecule has 0 saturated heterocycles. The van der Waals surface area contributed by atoms with Gasteiger partial charge in [-0.1, -0.05) is 26.2 Å². The van der Waals surface area contributed by atoms with Crippen LogP contribution in [0.3, 0.4) is 0 Å². The van der Waals surface area contributed by atoms with Crippen molar-refractivity contribution in [1.29, 1.82) is 0 Å². The molecule has 0 radical (unpaired) electrons. The zero-order valence-corrected chi connectivity index (χ0v) is 15.4. The average Bonchev–Trinajstić information content (AvgIpc) is 2.45. The van der Waals surface area contributed by atoms with Crippen LogP contribution in [0, 0.1) is 5.92 Å². The molecule has 1 aliphatic carbocycles. The highest BCUT2D eigenvalue weighted by Crippen LogP contribution is 2.29. The predicted molar refractivity (Wildman–Crippen MR) is 94.9 cm³/mol. The molecule has 0 heterocycles. The molecule has 21 heavy (non-hydrogen) atoms. The van der Waals surface area contributed by atoms with Crippen molar-refractivity contribution in [2.75, 3.05) is 20.1 Å². The Balaban J connectivity index is 1.97. The van der Waals surface area contributed by atoms with E-state index in [9.17, 15) is 0 Å². The number of rotatable bonds is 9. The van der Waals surface area contributed by atoms with Gasteiger partial charge in [-0.2, -0.15) is 0 Å². The van der Waals surface area contributed by atoms with Crippen LogP contribution in [0.25, 0.3) is 0 Å². The van der Waals surface area contributed by atoms with Crippen molar-refractivity contribution < 1.29 is 0 Å². The van der Waals surface area contributed by atoms with E-state index in [0.717, 1.165) is 12.0 Å². The number of unbranched alkanes of at least 4 members (excludes halogenated alkanes) is 3. The van der Waals surface area contributed by atoms with Crippen molar-refractivity contribution in [3.8, 4) is 0 Å². The zero-order chi connectivity index (χ0) is 15.7. The Hall–Kier alpha value is -0.0800. The normalized spacial score (nSPS) is 23.7. The van der Waals surface area contributed by atoms with Crippen molar-refractivity contribution in [2.24, 2.45) is 5.92 Å². The maximum Gasteiger partial charge on any atom is 0.00965 e. The highest BCUT2D eigenvalue weighted by molar-refractivity contribution is 4.77. The summed E-state index contributed by atoms with van der Waals surface area (Å²) < 4.78 is 0. The Morgan fingerprint density at radius 3 is 2.14 bits per heavy atom. The van der Waals surface area contributed by atoms with E-state index in [1.54, 1.807) is 0 Å². The SMILES string of the molecule is CCC1CCC(N(C)CCCCCCNC(C)(C)C)CC1. The van der Waals surface area contributed by atoms with Gasteiger partial charge in [0.05, 0.1) is 0 Å². The minimum atomic E-state index is 0.275. The van der Waals surface area contributed by atoms with E-state index in [1.807, 2.05) is 0 Å². The molecule has 0 aliphatic heterocycles. The van der Waals surface area contributed by atoms with Crippen LogP contribution in [0.1, 0.15) is 85.5 Å². The number of hydrogen-bond donors (Lipinski definition) is 1. The van der Waals surface area contributed by atoms with Gasteiger partial charge < -0.3 is 10.2 Å². The molecular weight excluding hydrogens is 256 g/mol. The lowest BCUT2D eigenvalue weighted by atomic mass is 9.84. The second-order valence-corrected chi connectivity index (χ2v) is 8.15. The van der Waals surface area contributed by atoms with Crippen LogP contribution in [-0.2, 0) is 0 Å². The Labute approximate surface area is 134 Å². The van der Waals surface area contributed by atoms with Gasteiger partial charge in [-0.05, 0) is 85.4 Å². The highest BCUT2D eigenvalue weighted by atomic mass is 15.1. The first-order valence-corrected chi connectivity index (χ1v) is 9.37. The molecule has 1 N–H and O–H groups in total. The molecule has 0 unspecified atom stereocenters. The summed E-state index contributed by atoms with van der Waals surface area (Å²) in [7, 11) is 2.35. The van der Waals surface area contributed by atoms with Crippen LogP contribution in [0.15, 0.2) is 0 Å². The van der Waals surface area contributed by atoms with Crippen LogP contribution >= 0.6 is 0 Å². The summed E-state index contributed by atoms with van der Waals surface area (Å²) in [6.07, 6.45) is 12.6. The average molecular weight is 297 g/mol. The molecule has 126 valence electrons. The molecule has 0 bridgehead atoms. The van der Waals surface area contributed by atoms with E-state index in [4.69, 9.17) is 0 Å². The molecule has 0 aromatic rings. The first-order valence-electron chi connectivity index (χ1n) is 9.37. The van der Waals surface area contributed by atoms with Crippen LogP contribution < -0.4 is 5.32 Å². The van der Waals surface area contributed by atoms with E-state index in [2.05, 4.69) is 45.0 Å². The van der Waals surface area contributed by atoms with Gasteiger partial charge in [-0.3, -0.25) is 0 Å². The topological polar surface area (TPSA) is 15.3 Å². The van der Waals surface area contributed by atoms with E-state index < -0.39 is 0 Å². The van der Waals surface area contributed by atoms with Gasteiger partial charge in [-0.25, -0.2) is 0 Å². The summed E-state index contributed by atoms with van der Waals surface area (Å²) in [5.41, 5.74) is 0.275. The molecule has 2 heteroatoms. The molecule has 2 nitrogen and oxygen atoms in total. The fourth-order valence-electron chi connectivity index (χ4n) is 3.48. The quantitative estimate of drug-likeness (QED) is 0.613. The van der Waals surface area contributed by atoms with E-state index in [-0.39, 0.29) is 5.54 Å². The molecule has 0 aromatic carbocycles. The molecule has 0 aromatic heterocycles. The second kappa shape index (κ2) is 9.84. The van der Waals surface area contributed by atoms with Crippen molar-refractivity contribution in [2.45, 2.75) is 97.1 Å². The second-order valence-electron chi connectivity index (χ2n) is 8.15. The third kappa shape index (κ3) is 8.83. The molecule has 1 rings (SSSR count). The lowest BCUT2D eigenvalue weighted by Gasteiger charge is -2.34. The summed E-state index contributed by atoms with van der Waals surface area (Å²) in [6.45, 7) is 11.6. The Morgan fingerprint density at radius 1 is 0.952 bits per heavy atom. The smallest absolute Gasteiger partial charge is 0.00965 e. The van der Waals surface area contributed by atoms with Crippen molar-refractivity contribution in [3.05, 3.63) is 0 Å². The van der Waals surface area contributed by atoms with E-state index in [1.165, 1.54) is 70.9 Å². The largest absolute Gasteiger partial charge is 0.312 e. The van der Waals surface area contributed by atoms with Gasteiger partial charge in [0.25, 0.3) is 0 Å². The summed E-state index contributed by atoms with van der Waals surface area (Å²) in [6, 6.07) is 0.871. The fourth-order valence-corrected chi connectivity index (χ4v) is 3.48. The molecule has 1 saturated carbocycles. The fraction of sp³-hybridized carbons (Fsp3) is 1.00. The third-order valence-electron chi connectivity index (χ3n) is 5.11. The van der Waals surface area contributed by atoms with E-state index in [0.29, 0.717) is 0 Å². The molecule has 0 amide bonds. The maximum atomic E-state index is 3.57. The zero-order valence-electron chi connectivity index (χ0n) is 15.4. The van der Waals surface area contributed by atoms with Gasteiger partial charge in [-0.15, -0.1) is 0 Å². The highest BCUT2D eigenvalue weighted by Gasteiger charge is 2.22. The first kappa shape index (κ1) is 19.0. The van der Waals surface area contributed by atoms with Crippen LogP contribution in [0.5, 0.6) is 0 Å². The first-order chi connectivity index (χ1) is 9.92. The number of nitrogens with one attached hydrogen (secondary N) is 1. The standard InChI is InChI=1S/C19H40N2/c1-6-17-11-13-18(14-12-17)21(5)16-10-8-7-9-15-20-19(2,3)4/h17-18,20H,6-16H2,1-5H3. The van der Waals surface area contributed by atoms with Gasteiger partial charge >= 0.3 is 0 Å². The van der Waals surface area contributed by atoms with Gasteiger partial charge in [0.1, 0.15) is 0 Å². The number of hydrogen-bond acceptors (Lipinski definition) is 2. The van der Waals surface area contributed by atoms with Gasteiger partial charge in [0.2, 0.25) is 0 Å². The Bertz CT molecular complexity index is 249. The van der Waals surface area contributed by atoms with Crippen LogP contribution in [0.2, 0.25) is 0 Å². The minimum absolute atomic E-state index is 0.275. The maximum absolute atomic E-state index is 3.57. The van der Waals surface area contributed by atoms with Crippen LogP contribution in [0.4, 0.5) is 0 Å². The monoisotopic (exact) mass is 296 g/mol. The summed E-state index contributed by atoms with van der Waals surface area (Å²) >= 11 is 0. The number of nitrogens with zero attached hydrogens (tertiary/aromatic N) is 1. The minimum Gasteiger partial charge on any atom is -0.312 e. The third-order valence-corrected chi connectivity index (χ3v) is 5.11. The lowest BCUT2D eigenvalue weighted by Crippen LogP contribution is -2.36. The summed E-state index contributed by atoms with van der Waals surface area (Å²) in [5, 5.41) is 3.57. The Kier molecular flexibility index (Phi) is 8.89. The van der Waals surface area contributed by atoms with Crippen molar-refractivity contribution in [3.63, 3.8) is 0 Å². The van der Waals surface area contributed by atoms with Gasteiger partial charge in [0.15, 0.2) is 0 Å². The lowest BCUT2D eigenvalue weighted by molar-refractivity contribution is 0.161. The van der Waals surface area contributed by atoms with Gasteiger partial charge in [0, 0.05) is 11.6 Å².